The molecule has 0 aliphatic rings. The number of hydrogen-bond acceptors (Lipinski definition) is 6. The van der Waals surface area contributed by atoms with E-state index in [-0.39, 0.29) is 28.6 Å². The molecule has 1 amide bonds. The molecule has 0 spiro atoms. The van der Waals surface area contributed by atoms with E-state index in [1.54, 1.807) is 30.9 Å². The third-order valence-corrected chi connectivity index (χ3v) is 4.59. The first kappa shape index (κ1) is 21.4. The Bertz CT molecular complexity index is 1260. The highest BCUT2D eigenvalue weighted by molar-refractivity contribution is 5.93. The van der Waals surface area contributed by atoms with Gasteiger partial charge in [0.25, 0.3) is 5.56 Å². The van der Waals surface area contributed by atoms with E-state index < -0.39 is 11.9 Å². The van der Waals surface area contributed by atoms with E-state index >= 15 is 0 Å². The van der Waals surface area contributed by atoms with Crippen LogP contribution in [0.15, 0.2) is 34.2 Å². The Kier molecular flexibility index (Phi) is 6.41. The molecule has 158 valence electrons. The Balaban J connectivity index is 2.50. The molecule has 9 nitrogen and oxygen atoms in total. The second-order valence-electron chi connectivity index (χ2n) is 6.77. The summed E-state index contributed by atoms with van der Waals surface area (Å²) in [6, 6.07) is 5.03. The monoisotopic (exact) mass is 412 g/mol. The fourth-order valence-electron chi connectivity index (χ4n) is 3.29. The number of ether oxygens (including phenoxy) is 2. The minimum atomic E-state index is -0.659. The van der Waals surface area contributed by atoms with Gasteiger partial charge in [0, 0.05) is 33.4 Å². The van der Waals surface area contributed by atoms with Crippen LogP contribution in [0.2, 0.25) is 0 Å². The smallest absolute Gasteiger partial charge is 0.341 e. The van der Waals surface area contributed by atoms with Gasteiger partial charge in [0.15, 0.2) is 5.49 Å². The van der Waals surface area contributed by atoms with Gasteiger partial charge in [-0.1, -0.05) is 6.07 Å². The number of esters is 1. The van der Waals surface area contributed by atoms with Gasteiger partial charge in [0.05, 0.1) is 12.0 Å². The molecule has 30 heavy (non-hydrogen) atoms. The quantitative estimate of drug-likeness (QED) is 0.346. The van der Waals surface area contributed by atoms with E-state index in [1.807, 2.05) is 13.0 Å². The van der Waals surface area contributed by atoms with E-state index in [0.29, 0.717) is 30.9 Å². The Hall–Kier alpha value is -3.33. The molecule has 0 fully saturated rings. The summed E-state index contributed by atoms with van der Waals surface area (Å²) in [5.41, 5.74) is 1.50. The van der Waals surface area contributed by atoms with Gasteiger partial charge in [-0.3, -0.25) is 14.0 Å². The van der Waals surface area contributed by atoms with Crippen LogP contribution >= 0.6 is 0 Å². The van der Waals surface area contributed by atoms with E-state index in [4.69, 9.17) is 14.5 Å². The van der Waals surface area contributed by atoms with E-state index in [2.05, 4.69) is 4.99 Å². The number of carbonyl (C=O) groups is 2. The minimum absolute atomic E-state index is 0.0449. The molecule has 0 aliphatic carbocycles. The molecule has 3 rings (SSSR count). The number of carbonyl (C=O) groups excluding carboxylic acids is 2. The highest BCUT2D eigenvalue weighted by Gasteiger charge is 2.19. The summed E-state index contributed by atoms with van der Waals surface area (Å²) in [5.74, 6) is -1.14. The molecule has 0 bridgehead atoms. The second-order valence-corrected chi connectivity index (χ2v) is 6.77. The first-order chi connectivity index (χ1) is 14.4. The van der Waals surface area contributed by atoms with Crippen molar-refractivity contribution in [3.63, 3.8) is 0 Å². The molecule has 3 heterocycles. The summed E-state index contributed by atoms with van der Waals surface area (Å²) in [5, 5.41) is 0.237. The lowest BCUT2D eigenvalue weighted by Gasteiger charge is -2.15. The lowest BCUT2D eigenvalue weighted by atomic mass is 10.2. The van der Waals surface area contributed by atoms with Crippen LogP contribution in [0.4, 0.5) is 0 Å². The number of nitrogens with zero attached hydrogens (tertiary/aromatic N) is 4. The van der Waals surface area contributed by atoms with Gasteiger partial charge in [0.1, 0.15) is 16.9 Å². The Labute approximate surface area is 172 Å². The van der Waals surface area contributed by atoms with Crippen molar-refractivity contribution in [1.82, 2.24) is 14.0 Å². The maximum Gasteiger partial charge on any atom is 0.341 e. The Morgan fingerprint density at radius 1 is 1.27 bits per heavy atom. The zero-order valence-electron chi connectivity index (χ0n) is 17.5. The number of aromatic nitrogens is 3. The molecule has 0 N–H and O–H groups in total. The second kappa shape index (κ2) is 9.00. The maximum absolute atomic E-state index is 13.2. The van der Waals surface area contributed by atoms with Crippen LogP contribution < -0.4 is 11.0 Å². The predicted molar refractivity (Wildman–Crippen MR) is 110 cm³/mol. The first-order valence-electron chi connectivity index (χ1n) is 9.66. The predicted octanol–water partition coefficient (Wildman–Crippen LogP) is 1.62. The van der Waals surface area contributed by atoms with Gasteiger partial charge in [-0.25, -0.2) is 9.78 Å². The highest BCUT2D eigenvalue weighted by Crippen LogP contribution is 2.14. The van der Waals surface area contributed by atoms with Crippen molar-refractivity contribution >= 4 is 28.6 Å². The first-order valence-corrected chi connectivity index (χ1v) is 9.66. The molecular formula is C21H24N4O5. The summed E-state index contributed by atoms with van der Waals surface area (Å²) in [4.78, 5) is 46.5. The van der Waals surface area contributed by atoms with Crippen molar-refractivity contribution in [2.24, 2.45) is 4.99 Å². The summed E-state index contributed by atoms with van der Waals surface area (Å²) < 4.78 is 13.3. The normalized spacial score (nSPS) is 11.9. The number of methoxy groups -OCH3 is 1. The molecule has 0 unspecified atom stereocenters. The van der Waals surface area contributed by atoms with Crippen molar-refractivity contribution in [2.45, 2.75) is 33.7 Å². The zero-order chi connectivity index (χ0) is 21.8. The third-order valence-electron chi connectivity index (χ3n) is 4.59. The van der Waals surface area contributed by atoms with Gasteiger partial charge >= 0.3 is 5.97 Å². The largest absolute Gasteiger partial charge is 0.462 e. The number of amides is 1. The number of fused-ring (bicyclic) bond motifs is 2. The molecule has 0 saturated carbocycles. The van der Waals surface area contributed by atoms with Crippen molar-refractivity contribution in [3.8, 4) is 0 Å². The molecule has 0 saturated heterocycles. The van der Waals surface area contributed by atoms with Crippen LogP contribution in [0.25, 0.3) is 16.7 Å². The molecule has 0 atom stereocenters. The van der Waals surface area contributed by atoms with Crippen LogP contribution in [0.3, 0.4) is 0 Å². The van der Waals surface area contributed by atoms with Crippen LogP contribution in [0.1, 0.15) is 36.2 Å². The van der Waals surface area contributed by atoms with Gasteiger partial charge in [-0.15, -0.1) is 0 Å². The molecule has 9 heteroatoms. The van der Waals surface area contributed by atoms with E-state index in [1.165, 1.54) is 17.4 Å². The van der Waals surface area contributed by atoms with Crippen molar-refractivity contribution in [2.75, 3.05) is 20.3 Å². The molecule has 3 aromatic heterocycles. The average molecular weight is 412 g/mol. The number of rotatable bonds is 6. The van der Waals surface area contributed by atoms with E-state index in [9.17, 15) is 14.4 Å². The molecule has 0 aliphatic heterocycles. The van der Waals surface area contributed by atoms with E-state index in [0.717, 1.165) is 5.56 Å². The lowest BCUT2D eigenvalue weighted by molar-refractivity contribution is -0.116. The molecule has 0 aromatic carbocycles. The Morgan fingerprint density at radius 2 is 2.03 bits per heavy atom. The summed E-state index contributed by atoms with van der Waals surface area (Å²) >= 11 is 0. The van der Waals surface area contributed by atoms with Gasteiger partial charge in [-0.2, -0.15) is 4.99 Å². The number of hydrogen-bond donors (Lipinski definition) is 0. The van der Waals surface area contributed by atoms with Gasteiger partial charge in [0.2, 0.25) is 5.91 Å². The fraction of sp³-hybridized carbons (Fsp3) is 0.381. The topological polar surface area (TPSA) is 104 Å². The van der Waals surface area contributed by atoms with Gasteiger partial charge < -0.3 is 14.0 Å². The SMILES string of the molecule is CCOC(=O)c1cc2c(=O)n3cccc(C)c3nc2n(CCCOC)c1=NC(C)=O. The standard InChI is InChI=1S/C21H24N4O5/c1-5-30-21(28)16-12-15-18(23-17-13(2)8-6-9-25(17)20(15)27)24(10-7-11-29-4)19(16)22-14(3)26/h6,8-9,12H,5,7,10-11H2,1-4H3. The third kappa shape index (κ3) is 4.02. The number of pyridine rings is 2. The van der Waals surface area contributed by atoms with Gasteiger partial charge in [-0.05, 0) is 38.0 Å². The van der Waals surface area contributed by atoms with Crippen molar-refractivity contribution in [1.29, 1.82) is 0 Å². The minimum Gasteiger partial charge on any atom is -0.462 e. The zero-order valence-corrected chi connectivity index (χ0v) is 17.5. The summed E-state index contributed by atoms with van der Waals surface area (Å²) in [6.45, 7) is 5.78. The summed E-state index contributed by atoms with van der Waals surface area (Å²) in [7, 11) is 1.58. The molecule has 3 aromatic rings. The van der Waals surface area contributed by atoms with Crippen LogP contribution in [0, 0.1) is 6.92 Å². The van der Waals surface area contributed by atoms with Crippen LogP contribution in [-0.4, -0.2) is 46.2 Å². The fourth-order valence-corrected chi connectivity index (χ4v) is 3.29. The average Bonchev–Trinajstić information content (AvgIpc) is 2.70. The lowest BCUT2D eigenvalue weighted by Crippen LogP contribution is -2.33. The Morgan fingerprint density at radius 3 is 2.70 bits per heavy atom. The summed E-state index contributed by atoms with van der Waals surface area (Å²) in [6.07, 6.45) is 2.20. The number of aryl methyl sites for hydroxylation is 2. The van der Waals surface area contributed by atoms with Crippen LogP contribution in [-0.2, 0) is 20.8 Å². The molecular weight excluding hydrogens is 388 g/mol. The van der Waals surface area contributed by atoms with Crippen LogP contribution in [0.5, 0.6) is 0 Å². The highest BCUT2D eigenvalue weighted by atomic mass is 16.5. The van der Waals surface area contributed by atoms with Crippen molar-refractivity contribution < 1.29 is 19.1 Å². The van der Waals surface area contributed by atoms with Crippen molar-refractivity contribution in [3.05, 3.63) is 51.4 Å². The maximum atomic E-state index is 13.2. The molecule has 0 radical (unpaired) electrons.